The van der Waals surface area contributed by atoms with Crippen LogP contribution < -0.4 is 4.74 Å². The molecule has 7 aromatic rings. The Morgan fingerprint density at radius 3 is 1.62 bits per heavy atom. The van der Waals surface area contributed by atoms with Gasteiger partial charge in [0, 0.05) is 16.5 Å². The third-order valence-corrected chi connectivity index (χ3v) is 9.69. The molecule has 0 N–H and O–H groups in total. The van der Waals surface area contributed by atoms with E-state index in [-0.39, 0.29) is 5.41 Å². The molecule has 7 aromatic carbocycles. The van der Waals surface area contributed by atoms with Crippen molar-refractivity contribution in [2.45, 2.75) is 5.41 Å². The van der Waals surface area contributed by atoms with E-state index in [9.17, 15) is 0 Å². The van der Waals surface area contributed by atoms with Crippen LogP contribution in [0, 0.1) is 0 Å². The second kappa shape index (κ2) is 7.87. The van der Waals surface area contributed by atoms with Crippen molar-refractivity contribution in [2.75, 3.05) is 0 Å². The van der Waals surface area contributed by atoms with E-state index in [1.165, 1.54) is 72.0 Å². The first-order valence-corrected chi connectivity index (χ1v) is 14.6. The van der Waals surface area contributed by atoms with E-state index in [4.69, 9.17) is 4.74 Å². The van der Waals surface area contributed by atoms with Crippen LogP contribution in [0.4, 0.5) is 0 Å². The molecule has 1 heterocycles. The van der Waals surface area contributed by atoms with Gasteiger partial charge in [-0.2, -0.15) is 0 Å². The second-order valence-electron chi connectivity index (χ2n) is 11.6. The van der Waals surface area contributed by atoms with Crippen molar-refractivity contribution in [2.24, 2.45) is 0 Å². The Kier molecular flexibility index (Phi) is 4.18. The molecule has 1 spiro atoms. The number of fused-ring (bicyclic) bond motifs is 12. The number of benzene rings is 7. The Labute approximate surface area is 244 Å². The van der Waals surface area contributed by atoms with E-state index in [1.807, 2.05) is 0 Å². The highest BCUT2D eigenvalue weighted by Gasteiger charge is 2.51. The molecule has 0 aromatic heterocycles. The van der Waals surface area contributed by atoms with Crippen molar-refractivity contribution in [3.63, 3.8) is 0 Å². The summed E-state index contributed by atoms with van der Waals surface area (Å²) >= 11 is 0. The van der Waals surface area contributed by atoms with Crippen LogP contribution in [0.15, 0.2) is 146 Å². The lowest BCUT2D eigenvalue weighted by Gasteiger charge is -2.31. The fourth-order valence-corrected chi connectivity index (χ4v) is 8.09. The normalized spacial score (nSPS) is 14.1. The summed E-state index contributed by atoms with van der Waals surface area (Å²) in [6, 6.07) is 53.5. The van der Waals surface area contributed by atoms with Crippen molar-refractivity contribution in [3.8, 4) is 56.0 Å². The summed E-state index contributed by atoms with van der Waals surface area (Å²) in [6.45, 7) is 0. The molecule has 0 radical (unpaired) electrons. The highest BCUT2D eigenvalue weighted by molar-refractivity contribution is 6.10. The molecular formula is C41H24O. The van der Waals surface area contributed by atoms with Crippen LogP contribution in [0.3, 0.4) is 0 Å². The molecule has 194 valence electrons. The number of rotatable bonds is 1. The SMILES string of the molecule is c1ccc2c(c1)Oc1cccc3ccc(-c4ccc5c(c4)C4(c6ccccc6-c6ccccc64)c4ccccc4-5)c-2c13. The molecule has 0 saturated carbocycles. The van der Waals surface area contributed by atoms with Gasteiger partial charge in [0.15, 0.2) is 0 Å². The Balaban J connectivity index is 1.32. The molecule has 0 saturated heterocycles. The van der Waals surface area contributed by atoms with Gasteiger partial charge in [-0.15, -0.1) is 0 Å². The number of para-hydroxylation sites is 1. The van der Waals surface area contributed by atoms with Crippen LogP contribution in [0.25, 0.3) is 55.3 Å². The fraction of sp³-hybridized carbons (Fsp3) is 0.0244. The molecule has 1 heteroatoms. The molecule has 0 atom stereocenters. The van der Waals surface area contributed by atoms with Crippen LogP contribution in [-0.4, -0.2) is 0 Å². The minimum Gasteiger partial charge on any atom is -0.456 e. The van der Waals surface area contributed by atoms with Gasteiger partial charge in [-0.05, 0) is 79.2 Å². The molecule has 10 rings (SSSR count). The average Bonchev–Trinajstić information content (AvgIpc) is 3.52. The number of hydrogen-bond donors (Lipinski definition) is 0. The summed E-state index contributed by atoms with van der Waals surface area (Å²) in [6.07, 6.45) is 0. The van der Waals surface area contributed by atoms with Crippen molar-refractivity contribution in [1.29, 1.82) is 0 Å². The van der Waals surface area contributed by atoms with Gasteiger partial charge in [0.2, 0.25) is 0 Å². The summed E-state index contributed by atoms with van der Waals surface area (Å²) in [4.78, 5) is 0. The van der Waals surface area contributed by atoms with Gasteiger partial charge in [-0.3, -0.25) is 0 Å². The number of hydrogen-bond acceptors (Lipinski definition) is 1. The van der Waals surface area contributed by atoms with Gasteiger partial charge in [-0.25, -0.2) is 0 Å². The van der Waals surface area contributed by atoms with Gasteiger partial charge in [0.1, 0.15) is 11.5 Å². The van der Waals surface area contributed by atoms with Gasteiger partial charge in [0.25, 0.3) is 0 Å². The van der Waals surface area contributed by atoms with Gasteiger partial charge in [0.05, 0.1) is 5.41 Å². The molecule has 0 amide bonds. The fourth-order valence-electron chi connectivity index (χ4n) is 8.09. The van der Waals surface area contributed by atoms with E-state index in [1.54, 1.807) is 0 Å². The molecular weight excluding hydrogens is 508 g/mol. The van der Waals surface area contributed by atoms with Crippen molar-refractivity contribution in [1.82, 2.24) is 0 Å². The minimum atomic E-state index is -0.352. The zero-order chi connectivity index (χ0) is 27.4. The first kappa shape index (κ1) is 22.3. The van der Waals surface area contributed by atoms with Crippen LogP contribution in [0.2, 0.25) is 0 Å². The zero-order valence-electron chi connectivity index (χ0n) is 22.8. The minimum absolute atomic E-state index is 0.352. The molecule has 1 nitrogen and oxygen atoms in total. The molecule has 3 aliphatic rings. The van der Waals surface area contributed by atoms with Crippen molar-refractivity contribution >= 4 is 10.8 Å². The largest absolute Gasteiger partial charge is 0.456 e. The Hall–Kier alpha value is -5.40. The topological polar surface area (TPSA) is 9.23 Å². The van der Waals surface area contributed by atoms with Gasteiger partial charge < -0.3 is 4.74 Å². The molecule has 42 heavy (non-hydrogen) atoms. The summed E-state index contributed by atoms with van der Waals surface area (Å²) in [5.41, 5.74) is 15.3. The molecule has 0 bridgehead atoms. The lowest BCUT2D eigenvalue weighted by molar-refractivity contribution is 0.487. The number of ether oxygens (including phenoxy) is 1. The quantitative estimate of drug-likeness (QED) is 0.204. The lowest BCUT2D eigenvalue weighted by Crippen LogP contribution is -2.25. The first-order chi connectivity index (χ1) is 20.8. The Bertz CT molecular complexity index is 2230. The van der Waals surface area contributed by atoms with Crippen molar-refractivity contribution in [3.05, 3.63) is 168 Å². The highest BCUT2D eigenvalue weighted by atomic mass is 16.5. The standard InChI is InChI=1S/C41H24O/c1-5-15-33-28(11-1)29-12-2-6-16-34(29)41(33)35-17-7-3-13-30(35)31-23-21-26(24-36(31)41)27-22-20-25-10-9-19-38-39(25)40(27)32-14-4-8-18-37(32)42-38/h1-24H. The predicted octanol–water partition coefficient (Wildman–Crippen LogP) is 10.6. The van der Waals surface area contributed by atoms with Crippen LogP contribution >= 0.6 is 0 Å². The summed E-state index contributed by atoms with van der Waals surface area (Å²) < 4.78 is 6.41. The monoisotopic (exact) mass is 532 g/mol. The van der Waals surface area contributed by atoms with E-state index < -0.39 is 0 Å². The lowest BCUT2D eigenvalue weighted by atomic mass is 9.70. The molecule has 2 aliphatic carbocycles. The van der Waals surface area contributed by atoms with E-state index in [2.05, 4.69) is 146 Å². The maximum atomic E-state index is 6.41. The third kappa shape index (κ3) is 2.60. The smallest absolute Gasteiger partial charge is 0.135 e. The van der Waals surface area contributed by atoms with E-state index in [0.29, 0.717) is 0 Å². The van der Waals surface area contributed by atoms with Gasteiger partial charge >= 0.3 is 0 Å². The van der Waals surface area contributed by atoms with Crippen LogP contribution in [-0.2, 0) is 5.41 Å². The van der Waals surface area contributed by atoms with E-state index in [0.717, 1.165) is 17.1 Å². The zero-order valence-corrected chi connectivity index (χ0v) is 22.8. The van der Waals surface area contributed by atoms with Gasteiger partial charge in [-0.1, -0.05) is 127 Å². The van der Waals surface area contributed by atoms with E-state index >= 15 is 0 Å². The first-order valence-electron chi connectivity index (χ1n) is 14.6. The second-order valence-corrected chi connectivity index (χ2v) is 11.6. The molecule has 0 unspecified atom stereocenters. The maximum absolute atomic E-state index is 6.41. The molecule has 1 aliphatic heterocycles. The average molecular weight is 533 g/mol. The van der Waals surface area contributed by atoms with Crippen LogP contribution in [0.1, 0.15) is 22.3 Å². The third-order valence-electron chi connectivity index (χ3n) is 9.69. The Morgan fingerprint density at radius 2 is 0.929 bits per heavy atom. The maximum Gasteiger partial charge on any atom is 0.135 e. The Morgan fingerprint density at radius 1 is 0.381 bits per heavy atom. The summed E-state index contributed by atoms with van der Waals surface area (Å²) in [5, 5.41) is 2.38. The summed E-state index contributed by atoms with van der Waals surface area (Å²) in [7, 11) is 0. The van der Waals surface area contributed by atoms with Crippen LogP contribution in [0.5, 0.6) is 11.5 Å². The molecule has 0 fully saturated rings. The van der Waals surface area contributed by atoms with Crippen molar-refractivity contribution < 1.29 is 4.74 Å². The highest BCUT2D eigenvalue weighted by Crippen LogP contribution is 2.63. The predicted molar refractivity (Wildman–Crippen MR) is 171 cm³/mol. The summed E-state index contributed by atoms with van der Waals surface area (Å²) in [5.74, 6) is 1.83.